The zero-order valence-electron chi connectivity index (χ0n) is 9.88. The van der Waals surface area contributed by atoms with E-state index in [2.05, 4.69) is 10.00 Å². The maximum absolute atomic E-state index is 11.8. The van der Waals surface area contributed by atoms with Crippen LogP contribution in [0.5, 0.6) is 0 Å². The maximum atomic E-state index is 11.8. The average Bonchev–Trinajstić information content (AvgIpc) is 2.27. The lowest BCUT2D eigenvalue weighted by atomic mass is 10.1. The number of carboxylic acid groups (broad SMARTS) is 1. The first-order chi connectivity index (χ1) is 7.99. The number of carbonyl (C=O) groups is 1. The highest BCUT2D eigenvalue weighted by Gasteiger charge is 2.21. The topological polar surface area (TPSA) is 75.4 Å². The quantitative estimate of drug-likeness (QED) is 0.776. The molecule has 2 heterocycles. The zero-order chi connectivity index (χ0) is 12.6. The van der Waals surface area contributed by atoms with Crippen molar-refractivity contribution in [1.82, 2.24) is 14.7 Å². The third-order valence-electron chi connectivity index (χ3n) is 3.02. The van der Waals surface area contributed by atoms with Crippen LogP contribution < -0.4 is 5.56 Å². The molecule has 1 atom stereocenters. The van der Waals surface area contributed by atoms with Crippen molar-refractivity contribution in [3.05, 3.63) is 27.7 Å². The van der Waals surface area contributed by atoms with Crippen LogP contribution in [0, 0.1) is 0 Å². The highest BCUT2D eigenvalue weighted by Crippen LogP contribution is 2.14. The molecule has 2 rings (SSSR count). The third kappa shape index (κ3) is 2.21. The van der Waals surface area contributed by atoms with Crippen molar-refractivity contribution in [2.45, 2.75) is 25.9 Å². The van der Waals surface area contributed by atoms with E-state index < -0.39 is 12.0 Å². The predicted molar refractivity (Wildman–Crippen MR) is 60.9 cm³/mol. The molecule has 17 heavy (non-hydrogen) atoms. The summed E-state index contributed by atoms with van der Waals surface area (Å²) in [5.41, 5.74) is 1.38. The molecule has 0 fully saturated rings. The smallest absolute Gasteiger partial charge is 0.328 e. The molecule has 92 valence electrons. The Morgan fingerprint density at radius 3 is 2.94 bits per heavy atom. The van der Waals surface area contributed by atoms with Gasteiger partial charge in [-0.05, 0) is 19.5 Å². The fourth-order valence-corrected chi connectivity index (χ4v) is 1.94. The maximum Gasteiger partial charge on any atom is 0.328 e. The Hall–Kier alpha value is -1.69. The Morgan fingerprint density at radius 1 is 1.59 bits per heavy atom. The minimum Gasteiger partial charge on any atom is -0.480 e. The van der Waals surface area contributed by atoms with Crippen LogP contribution in [0.25, 0.3) is 0 Å². The van der Waals surface area contributed by atoms with E-state index in [1.807, 2.05) is 7.05 Å². The molecule has 0 saturated heterocycles. The summed E-state index contributed by atoms with van der Waals surface area (Å²) in [5.74, 6) is -1.05. The Morgan fingerprint density at radius 2 is 2.29 bits per heavy atom. The summed E-state index contributed by atoms with van der Waals surface area (Å²) in [5, 5.41) is 13.1. The van der Waals surface area contributed by atoms with Crippen LogP contribution in [0.15, 0.2) is 10.9 Å². The minimum absolute atomic E-state index is 0.353. The summed E-state index contributed by atoms with van der Waals surface area (Å²) in [6.45, 7) is 3.03. The van der Waals surface area contributed by atoms with Crippen molar-refractivity contribution >= 4 is 5.97 Å². The first kappa shape index (κ1) is 11.8. The van der Waals surface area contributed by atoms with Crippen molar-refractivity contribution in [2.75, 3.05) is 13.6 Å². The van der Waals surface area contributed by atoms with Gasteiger partial charge in [0.25, 0.3) is 5.56 Å². The van der Waals surface area contributed by atoms with Gasteiger partial charge in [0, 0.05) is 25.6 Å². The van der Waals surface area contributed by atoms with Gasteiger partial charge >= 0.3 is 5.97 Å². The fourth-order valence-electron chi connectivity index (χ4n) is 1.94. The number of carboxylic acids is 1. The number of aliphatic carboxylic acids is 1. The number of rotatable bonds is 2. The molecule has 6 nitrogen and oxygen atoms in total. The highest BCUT2D eigenvalue weighted by molar-refractivity contribution is 5.71. The normalized spacial score (nSPS) is 17.5. The Bertz CT molecular complexity index is 509. The first-order valence-electron chi connectivity index (χ1n) is 5.52. The lowest BCUT2D eigenvalue weighted by Gasteiger charge is -2.24. The molecule has 0 bridgehead atoms. The monoisotopic (exact) mass is 237 g/mol. The molecule has 1 aliphatic heterocycles. The zero-order valence-corrected chi connectivity index (χ0v) is 9.88. The van der Waals surface area contributed by atoms with Gasteiger partial charge in [0.15, 0.2) is 6.04 Å². The van der Waals surface area contributed by atoms with Crippen molar-refractivity contribution in [3.63, 3.8) is 0 Å². The first-order valence-corrected chi connectivity index (χ1v) is 5.52. The molecular weight excluding hydrogens is 222 g/mol. The van der Waals surface area contributed by atoms with Gasteiger partial charge in [-0.25, -0.2) is 9.48 Å². The van der Waals surface area contributed by atoms with Crippen LogP contribution in [0.1, 0.15) is 24.2 Å². The Kier molecular flexibility index (Phi) is 2.97. The van der Waals surface area contributed by atoms with Gasteiger partial charge in [-0.15, -0.1) is 0 Å². The summed E-state index contributed by atoms with van der Waals surface area (Å²) < 4.78 is 1.05. The number of likely N-dealkylation sites (N-methyl/N-ethyl adjacent to an activating group) is 1. The van der Waals surface area contributed by atoms with Crippen LogP contribution in [-0.2, 0) is 17.8 Å². The average molecular weight is 237 g/mol. The predicted octanol–water partition coefficient (Wildman–Crippen LogP) is -0.123. The Labute approximate surface area is 98.5 Å². The Balaban J connectivity index is 2.45. The SMILES string of the molecule is C[C@H](C(=O)O)n1nc2c(cc1=O)CN(C)CC2. The molecular formula is C11H15N3O3. The fraction of sp³-hybridized carbons (Fsp3) is 0.545. The van der Waals surface area contributed by atoms with Crippen molar-refractivity contribution in [3.8, 4) is 0 Å². The van der Waals surface area contributed by atoms with Gasteiger partial charge in [-0.3, -0.25) is 4.79 Å². The molecule has 6 heteroatoms. The van der Waals surface area contributed by atoms with Gasteiger partial charge in [0.05, 0.1) is 5.69 Å². The van der Waals surface area contributed by atoms with E-state index in [9.17, 15) is 9.59 Å². The van der Waals surface area contributed by atoms with Gasteiger partial charge in [0.2, 0.25) is 0 Å². The van der Waals surface area contributed by atoms with E-state index in [0.29, 0.717) is 6.54 Å². The lowest BCUT2D eigenvalue weighted by molar-refractivity contribution is -0.140. The molecule has 0 radical (unpaired) electrons. The summed E-state index contributed by atoms with van der Waals surface area (Å²) in [6, 6.07) is 0.574. The number of hydrogen-bond acceptors (Lipinski definition) is 4. The highest BCUT2D eigenvalue weighted by atomic mass is 16.4. The largest absolute Gasteiger partial charge is 0.480 e. The van der Waals surface area contributed by atoms with Crippen LogP contribution in [0.3, 0.4) is 0 Å². The van der Waals surface area contributed by atoms with Gasteiger partial charge < -0.3 is 10.0 Å². The van der Waals surface area contributed by atoms with E-state index in [1.54, 1.807) is 0 Å². The van der Waals surface area contributed by atoms with E-state index in [0.717, 1.165) is 28.9 Å². The number of nitrogens with zero attached hydrogens (tertiary/aromatic N) is 3. The number of aromatic nitrogens is 2. The van der Waals surface area contributed by atoms with Crippen LogP contribution >= 0.6 is 0 Å². The van der Waals surface area contributed by atoms with E-state index in [-0.39, 0.29) is 5.56 Å². The second-order valence-electron chi connectivity index (χ2n) is 4.40. The standard InChI is InChI=1S/C11H15N3O3/c1-7(11(16)17)14-10(15)5-8-6-13(2)4-3-9(8)12-14/h5,7H,3-4,6H2,1-2H3,(H,16,17)/t7-/m1/s1. The number of fused-ring (bicyclic) bond motifs is 1. The summed E-state index contributed by atoms with van der Waals surface area (Å²) in [6.07, 6.45) is 0.748. The molecule has 0 amide bonds. The molecule has 1 aliphatic rings. The number of hydrogen-bond donors (Lipinski definition) is 1. The van der Waals surface area contributed by atoms with Crippen LogP contribution in [0.4, 0.5) is 0 Å². The van der Waals surface area contributed by atoms with Crippen molar-refractivity contribution in [1.29, 1.82) is 0 Å². The molecule has 1 aromatic rings. The molecule has 0 aliphatic carbocycles. The summed E-state index contributed by atoms with van der Waals surface area (Å²) in [4.78, 5) is 24.7. The molecule has 1 aromatic heterocycles. The summed E-state index contributed by atoms with van der Waals surface area (Å²) >= 11 is 0. The van der Waals surface area contributed by atoms with E-state index >= 15 is 0 Å². The van der Waals surface area contributed by atoms with Crippen LogP contribution in [-0.4, -0.2) is 39.3 Å². The molecule has 0 saturated carbocycles. The van der Waals surface area contributed by atoms with Gasteiger partial charge in [-0.2, -0.15) is 5.10 Å². The molecule has 0 aromatic carbocycles. The lowest BCUT2D eigenvalue weighted by Crippen LogP contribution is -2.35. The molecule has 0 spiro atoms. The van der Waals surface area contributed by atoms with Gasteiger partial charge in [-0.1, -0.05) is 0 Å². The second-order valence-corrected chi connectivity index (χ2v) is 4.40. The van der Waals surface area contributed by atoms with Crippen molar-refractivity contribution in [2.24, 2.45) is 0 Å². The third-order valence-corrected chi connectivity index (χ3v) is 3.02. The minimum atomic E-state index is -1.05. The molecule has 0 unspecified atom stereocenters. The summed E-state index contributed by atoms with van der Waals surface area (Å²) in [7, 11) is 1.98. The van der Waals surface area contributed by atoms with Gasteiger partial charge in [0.1, 0.15) is 0 Å². The molecule has 1 N–H and O–H groups in total. The van der Waals surface area contributed by atoms with Crippen molar-refractivity contribution < 1.29 is 9.90 Å². The van der Waals surface area contributed by atoms with E-state index in [4.69, 9.17) is 5.11 Å². The van der Waals surface area contributed by atoms with E-state index in [1.165, 1.54) is 13.0 Å². The second kappa shape index (κ2) is 4.29. The van der Waals surface area contributed by atoms with Crippen LogP contribution in [0.2, 0.25) is 0 Å².